The number of aliphatic hydroxyl groups excluding tert-OH is 3. The van der Waals surface area contributed by atoms with Gasteiger partial charge < -0.3 is 25.1 Å². The number of rotatable bonds is 4. The fourth-order valence-corrected chi connectivity index (χ4v) is 3.05. The Hall–Kier alpha value is -1.97. The first-order chi connectivity index (χ1) is 12.1. The molecule has 0 amide bonds. The average Bonchev–Trinajstić information content (AvgIpc) is 3.43. The van der Waals surface area contributed by atoms with Crippen LogP contribution in [0.25, 0.3) is 11.0 Å². The average molecular weight is 348 g/mol. The van der Waals surface area contributed by atoms with E-state index in [4.69, 9.17) is 14.4 Å². The summed E-state index contributed by atoms with van der Waals surface area (Å²) in [5.74, 6) is 0.318. The van der Waals surface area contributed by atoms with Gasteiger partial charge in [-0.25, -0.2) is 4.79 Å². The van der Waals surface area contributed by atoms with Crippen LogP contribution in [0.3, 0.4) is 0 Å². The summed E-state index contributed by atoms with van der Waals surface area (Å²) >= 11 is 0. The van der Waals surface area contributed by atoms with E-state index in [1.165, 1.54) is 0 Å². The predicted octanol–water partition coefficient (Wildman–Crippen LogP) is 0.0259. The molecule has 5 N–H and O–H groups in total. The van der Waals surface area contributed by atoms with Crippen molar-refractivity contribution in [3.63, 3.8) is 0 Å². The Kier molecular flexibility index (Phi) is 4.22. The summed E-state index contributed by atoms with van der Waals surface area (Å²) in [5, 5.41) is 32.9. The van der Waals surface area contributed by atoms with E-state index in [1.54, 1.807) is 12.1 Å². The second-order valence-corrected chi connectivity index (χ2v) is 6.58. The first-order valence-corrected chi connectivity index (χ1v) is 8.29. The minimum absolute atomic E-state index is 0.312. The van der Waals surface area contributed by atoms with E-state index in [1.807, 2.05) is 12.1 Å². The lowest BCUT2D eigenvalue weighted by Crippen LogP contribution is -2.62. The topological polar surface area (TPSA) is 124 Å². The van der Waals surface area contributed by atoms with Crippen molar-refractivity contribution >= 4 is 16.7 Å². The van der Waals surface area contributed by atoms with E-state index in [0.717, 1.165) is 23.8 Å². The van der Waals surface area contributed by atoms with Crippen molar-refractivity contribution in [3.8, 4) is 0 Å². The smallest absolute Gasteiger partial charge is 0.339 e. The molecule has 1 aliphatic carbocycles. The molecular weight excluding hydrogens is 328 g/mol. The highest BCUT2D eigenvalue weighted by atomic mass is 16.7. The molecule has 134 valence electrons. The molecule has 1 aromatic carbocycles. The van der Waals surface area contributed by atoms with Crippen molar-refractivity contribution in [3.05, 3.63) is 40.2 Å². The van der Waals surface area contributed by atoms with Gasteiger partial charge in [0.1, 0.15) is 30.1 Å². The largest absolute Gasteiger partial charge is 0.422 e. The normalized spacial score (nSPS) is 29.7. The van der Waals surface area contributed by atoms with Crippen molar-refractivity contribution < 1.29 is 24.6 Å². The van der Waals surface area contributed by atoms with Gasteiger partial charge in [-0.05, 0) is 37.0 Å². The number of hydroxylamine groups is 1. The van der Waals surface area contributed by atoms with E-state index in [2.05, 4.69) is 10.8 Å². The van der Waals surface area contributed by atoms with E-state index in [9.17, 15) is 15.0 Å². The van der Waals surface area contributed by atoms with Gasteiger partial charge in [-0.15, -0.1) is 0 Å². The van der Waals surface area contributed by atoms with Gasteiger partial charge in [0, 0.05) is 22.7 Å². The van der Waals surface area contributed by atoms with Gasteiger partial charge >= 0.3 is 5.63 Å². The lowest BCUT2D eigenvalue weighted by Gasteiger charge is -2.37. The van der Waals surface area contributed by atoms with Crippen LogP contribution in [0.2, 0.25) is 0 Å². The Morgan fingerprint density at radius 2 is 2.00 bits per heavy atom. The number of hydrogen-bond donors (Lipinski definition) is 5. The molecule has 8 nitrogen and oxygen atoms in total. The lowest BCUT2D eigenvalue weighted by atomic mass is 10.0. The Morgan fingerprint density at radius 3 is 2.72 bits per heavy atom. The van der Waals surface area contributed by atoms with E-state index < -0.39 is 31.1 Å². The molecule has 2 fully saturated rings. The standard InChI is InChI=1S/C17H20N2O6/c20-7-13-14(21)15(22)16(19-25-13)18-10-4-3-9-5-11(8-1-2-8)17(23)24-12(9)6-10/h3-6,8,13-16,18-22H,1-2,7H2/t13?,14-,15?,16?/m0/s1. The molecule has 0 radical (unpaired) electrons. The van der Waals surface area contributed by atoms with Gasteiger partial charge in [-0.2, -0.15) is 5.48 Å². The molecule has 1 saturated carbocycles. The molecule has 8 heteroatoms. The molecule has 4 atom stereocenters. The second-order valence-electron chi connectivity index (χ2n) is 6.58. The number of hydrogen-bond acceptors (Lipinski definition) is 8. The Balaban J connectivity index is 1.56. The molecule has 2 heterocycles. The summed E-state index contributed by atoms with van der Waals surface area (Å²) in [7, 11) is 0. The quantitative estimate of drug-likeness (QED) is 0.490. The number of benzene rings is 1. The highest BCUT2D eigenvalue weighted by molar-refractivity contribution is 5.81. The van der Waals surface area contributed by atoms with Gasteiger partial charge in [0.2, 0.25) is 0 Å². The Morgan fingerprint density at radius 1 is 1.20 bits per heavy atom. The van der Waals surface area contributed by atoms with E-state index in [0.29, 0.717) is 17.2 Å². The number of fused-ring (bicyclic) bond motifs is 1. The molecule has 1 aromatic heterocycles. The van der Waals surface area contributed by atoms with Crippen molar-refractivity contribution in [1.82, 2.24) is 5.48 Å². The van der Waals surface area contributed by atoms with Gasteiger partial charge in [0.05, 0.1) is 6.61 Å². The highest BCUT2D eigenvalue weighted by Gasteiger charge is 2.38. The van der Waals surface area contributed by atoms with Crippen molar-refractivity contribution in [2.75, 3.05) is 11.9 Å². The van der Waals surface area contributed by atoms with Gasteiger partial charge in [-0.3, -0.25) is 4.84 Å². The van der Waals surface area contributed by atoms with Crippen molar-refractivity contribution in [2.24, 2.45) is 0 Å². The fraction of sp³-hybridized carbons (Fsp3) is 0.471. The van der Waals surface area contributed by atoms with Crippen LogP contribution in [0.4, 0.5) is 5.69 Å². The molecular formula is C17H20N2O6. The molecule has 4 rings (SSSR count). The summed E-state index contributed by atoms with van der Waals surface area (Å²) in [6, 6.07) is 7.15. The van der Waals surface area contributed by atoms with Crippen LogP contribution in [0.1, 0.15) is 24.3 Å². The molecule has 0 spiro atoms. The fourth-order valence-electron chi connectivity index (χ4n) is 3.05. The van der Waals surface area contributed by atoms with Crippen LogP contribution in [-0.2, 0) is 4.84 Å². The monoisotopic (exact) mass is 348 g/mol. The predicted molar refractivity (Wildman–Crippen MR) is 89.0 cm³/mol. The minimum Gasteiger partial charge on any atom is -0.422 e. The summed E-state index contributed by atoms with van der Waals surface area (Å²) in [4.78, 5) is 17.2. The van der Waals surface area contributed by atoms with Gasteiger partial charge in [0.25, 0.3) is 0 Å². The van der Waals surface area contributed by atoms with Crippen LogP contribution in [0.5, 0.6) is 0 Å². The van der Waals surface area contributed by atoms with Crippen LogP contribution in [0, 0.1) is 0 Å². The van der Waals surface area contributed by atoms with E-state index >= 15 is 0 Å². The maximum absolute atomic E-state index is 12.1. The maximum Gasteiger partial charge on any atom is 0.339 e. The minimum atomic E-state index is -1.23. The van der Waals surface area contributed by atoms with Gasteiger partial charge in [0.15, 0.2) is 0 Å². The summed E-state index contributed by atoms with van der Waals surface area (Å²) < 4.78 is 5.41. The summed E-state index contributed by atoms with van der Waals surface area (Å²) in [5.41, 5.74) is 4.01. The molecule has 0 bridgehead atoms. The Labute approximate surface area is 143 Å². The number of nitrogens with one attached hydrogen (secondary N) is 2. The maximum atomic E-state index is 12.1. The number of aliphatic hydroxyl groups is 3. The van der Waals surface area contributed by atoms with Crippen LogP contribution in [0.15, 0.2) is 33.5 Å². The van der Waals surface area contributed by atoms with Gasteiger partial charge in [-0.1, -0.05) is 0 Å². The summed E-state index contributed by atoms with van der Waals surface area (Å²) in [6.07, 6.45) is -2.05. The number of anilines is 1. The first-order valence-electron chi connectivity index (χ1n) is 8.29. The van der Waals surface area contributed by atoms with Crippen molar-refractivity contribution in [2.45, 2.75) is 43.2 Å². The van der Waals surface area contributed by atoms with Crippen LogP contribution >= 0.6 is 0 Å². The molecule has 25 heavy (non-hydrogen) atoms. The third-order valence-corrected chi connectivity index (χ3v) is 4.70. The molecule has 2 aromatic rings. The first kappa shape index (κ1) is 16.5. The highest BCUT2D eigenvalue weighted by Crippen LogP contribution is 2.39. The molecule has 1 aliphatic heterocycles. The summed E-state index contributed by atoms with van der Waals surface area (Å²) in [6.45, 7) is -0.414. The zero-order valence-corrected chi connectivity index (χ0v) is 13.4. The van der Waals surface area contributed by atoms with Crippen LogP contribution < -0.4 is 16.4 Å². The third-order valence-electron chi connectivity index (χ3n) is 4.70. The second kappa shape index (κ2) is 6.40. The molecule has 2 aliphatic rings. The Bertz CT molecular complexity index is 833. The molecule has 1 saturated heterocycles. The zero-order chi connectivity index (χ0) is 17.6. The van der Waals surface area contributed by atoms with Crippen molar-refractivity contribution in [1.29, 1.82) is 0 Å². The van der Waals surface area contributed by atoms with E-state index in [-0.39, 0.29) is 5.63 Å². The van der Waals surface area contributed by atoms with Crippen LogP contribution in [-0.4, -0.2) is 46.4 Å². The molecule has 3 unspecified atom stereocenters. The zero-order valence-electron chi connectivity index (χ0n) is 13.4. The lowest BCUT2D eigenvalue weighted by molar-refractivity contribution is -0.197. The SMILES string of the molecule is O=c1oc2cc(NC3NOC(CO)[C@H](O)C3O)ccc2cc1C1CC1. The third kappa shape index (κ3) is 3.14.